The summed E-state index contributed by atoms with van der Waals surface area (Å²) in [6, 6.07) is 7.07. The molecule has 1 saturated heterocycles. The predicted molar refractivity (Wildman–Crippen MR) is 104 cm³/mol. The summed E-state index contributed by atoms with van der Waals surface area (Å²) >= 11 is 0. The maximum absolute atomic E-state index is 13.3. The number of H-pyrrole nitrogens is 1. The molecule has 0 bridgehead atoms. The molecular weight excluding hydrogens is 341 g/mol. The Balaban J connectivity index is 1.51. The fourth-order valence-corrected chi connectivity index (χ4v) is 4.04. The monoisotopic (exact) mass is 367 g/mol. The van der Waals surface area contributed by atoms with E-state index >= 15 is 0 Å². The number of hydrogen-bond acceptors (Lipinski definition) is 3. The summed E-state index contributed by atoms with van der Waals surface area (Å²) in [5, 5.41) is 7.49. The van der Waals surface area contributed by atoms with Crippen LogP contribution in [0.2, 0.25) is 0 Å². The molecule has 0 amide bonds. The minimum absolute atomic E-state index is 0.215. The number of nitrogens with zero attached hydrogens (tertiary/aromatic N) is 4. The molecule has 6 heteroatoms. The molecule has 1 aromatic carbocycles. The largest absolute Gasteiger partial charge is 0.331 e. The van der Waals surface area contributed by atoms with Crippen molar-refractivity contribution >= 4 is 0 Å². The number of benzene rings is 1. The van der Waals surface area contributed by atoms with Crippen molar-refractivity contribution in [3.05, 3.63) is 60.2 Å². The van der Waals surface area contributed by atoms with Gasteiger partial charge in [0.2, 0.25) is 0 Å². The Bertz CT molecular complexity index is 880. The fourth-order valence-electron chi connectivity index (χ4n) is 4.04. The van der Waals surface area contributed by atoms with Gasteiger partial charge in [-0.15, -0.1) is 0 Å². The molecule has 0 aliphatic carbocycles. The molecule has 0 radical (unpaired) electrons. The molecule has 0 spiro atoms. The summed E-state index contributed by atoms with van der Waals surface area (Å²) in [5.41, 5.74) is 3.23. The van der Waals surface area contributed by atoms with Crippen LogP contribution in [0.1, 0.15) is 50.2 Å². The quantitative estimate of drug-likeness (QED) is 0.728. The maximum Gasteiger partial charge on any atom is 0.123 e. The zero-order chi connectivity index (χ0) is 18.8. The van der Waals surface area contributed by atoms with Crippen molar-refractivity contribution in [3.63, 3.8) is 0 Å². The van der Waals surface area contributed by atoms with Gasteiger partial charge >= 0.3 is 0 Å². The van der Waals surface area contributed by atoms with E-state index in [-0.39, 0.29) is 5.82 Å². The normalized spacial score (nSPS) is 18.3. The Morgan fingerprint density at radius 2 is 2.07 bits per heavy atom. The van der Waals surface area contributed by atoms with Gasteiger partial charge < -0.3 is 4.57 Å². The van der Waals surface area contributed by atoms with Crippen LogP contribution >= 0.6 is 0 Å². The summed E-state index contributed by atoms with van der Waals surface area (Å²) < 4.78 is 15.5. The van der Waals surface area contributed by atoms with E-state index in [1.807, 2.05) is 24.5 Å². The lowest BCUT2D eigenvalue weighted by molar-refractivity contribution is 0.191. The molecule has 3 heterocycles. The molecule has 1 N–H and O–H groups in total. The van der Waals surface area contributed by atoms with Gasteiger partial charge in [-0.25, -0.2) is 9.37 Å². The lowest BCUT2D eigenvalue weighted by Gasteiger charge is -2.32. The molecule has 0 saturated carbocycles. The van der Waals surface area contributed by atoms with Crippen LogP contribution in [0.3, 0.4) is 0 Å². The smallest absolute Gasteiger partial charge is 0.123 e. The average Bonchev–Trinajstić information content (AvgIpc) is 3.32. The zero-order valence-corrected chi connectivity index (χ0v) is 15.9. The molecule has 142 valence electrons. The Morgan fingerprint density at radius 3 is 2.85 bits per heavy atom. The number of likely N-dealkylation sites (tertiary alicyclic amines) is 1. The first-order valence-electron chi connectivity index (χ1n) is 9.65. The van der Waals surface area contributed by atoms with Gasteiger partial charge in [0.15, 0.2) is 0 Å². The van der Waals surface area contributed by atoms with Crippen molar-refractivity contribution in [1.82, 2.24) is 24.6 Å². The summed E-state index contributed by atoms with van der Waals surface area (Å²) in [5.74, 6) is 1.30. The molecule has 1 atom stereocenters. The van der Waals surface area contributed by atoms with Gasteiger partial charge in [-0.3, -0.25) is 10.00 Å². The average molecular weight is 367 g/mol. The van der Waals surface area contributed by atoms with Gasteiger partial charge in [-0.05, 0) is 50.9 Å². The van der Waals surface area contributed by atoms with E-state index in [1.54, 1.807) is 0 Å². The van der Waals surface area contributed by atoms with Crippen LogP contribution in [0.25, 0.3) is 11.1 Å². The molecule has 5 nitrogen and oxygen atoms in total. The summed E-state index contributed by atoms with van der Waals surface area (Å²) in [6.07, 6.45) is 8.08. The van der Waals surface area contributed by atoms with E-state index in [0.29, 0.717) is 12.0 Å². The van der Waals surface area contributed by atoms with Gasteiger partial charge in [0.1, 0.15) is 11.6 Å². The Labute approximate surface area is 159 Å². The molecular formula is C21H26FN5. The lowest BCUT2D eigenvalue weighted by Crippen LogP contribution is -2.35. The number of imidazole rings is 1. The third-order valence-electron chi connectivity index (χ3n) is 5.41. The van der Waals surface area contributed by atoms with Crippen LogP contribution in [0.5, 0.6) is 0 Å². The highest BCUT2D eigenvalue weighted by Crippen LogP contribution is 2.33. The third-order valence-corrected chi connectivity index (χ3v) is 5.41. The number of aromatic amines is 1. The van der Waals surface area contributed by atoms with E-state index in [1.165, 1.54) is 12.1 Å². The first-order chi connectivity index (χ1) is 13.1. The standard InChI is InChI=1S/C21H26FN5/c1-15(2)27-11-9-23-20(27)14-26-10-3-4-17(13-26)21-19(12-24-25-21)16-5-7-18(22)8-6-16/h5-9,11-12,15,17H,3-4,10,13-14H2,1-2H3,(H,24,25). The van der Waals surface area contributed by atoms with E-state index < -0.39 is 0 Å². The molecule has 1 fully saturated rings. The summed E-state index contributed by atoms with van der Waals surface area (Å²) in [6.45, 7) is 7.29. The lowest BCUT2D eigenvalue weighted by atomic mass is 9.90. The van der Waals surface area contributed by atoms with Crippen molar-refractivity contribution in [2.45, 2.75) is 45.2 Å². The Kier molecular flexibility index (Phi) is 5.07. The van der Waals surface area contributed by atoms with Crippen LogP contribution in [0.15, 0.2) is 42.9 Å². The number of rotatable bonds is 5. The SMILES string of the molecule is CC(C)n1ccnc1CN1CCCC(c2[nH]ncc2-c2ccc(F)cc2)C1. The highest BCUT2D eigenvalue weighted by atomic mass is 19.1. The van der Waals surface area contributed by atoms with E-state index in [4.69, 9.17) is 0 Å². The zero-order valence-electron chi connectivity index (χ0n) is 15.9. The summed E-state index contributed by atoms with van der Waals surface area (Å²) in [7, 11) is 0. The molecule has 1 unspecified atom stereocenters. The van der Waals surface area contributed by atoms with Gasteiger partial charge in [0.25, 0.3) is 0 Å². The maximum atomic E-state index is 13.3. The van der Waals surface area contributed by atoms with Crippen LogP contribution in [0, 0.1) is 5.82 Å². The molecule has 2 aromatic heterocycles. The van der Waals surface area contributed by atoms with E-state index in [9.17, 15) is 4.39 Å². The predicted octanol–water partition coefficient (Wildman–Crippen LogP) is 4.37. The Hall–Kier alpha value is -2.47. The number of piperidine rings is 1. The van der Waals surface area contributed by atoms with Crippen LogP contribution in [0.4, 0.5) is 4.39 Å². The van der Waals surface area contributed by atoms with Crippen molar-refractivity contribution < 1.29 is 4.39 Å². The fraction of sp³-hybridized carbons (Fsp3) is 0.429. The van der Waals surface area contributed by atoms with Crippen molar-refractivity contribution in [2.24, 2.45) is 0 Å². The van der Waals surface area contributed by atoms with Crippen molar-refractivity contribution in [3.8, 4) is 11.1 Å². The third kappa shape index (κ3) is 3.81. The number of hydrogen-bond donors (Lipinski definition) is 1. The minimum Gasteiger partial charge on any atom is -0.331 e. The van der Waals surface area contributed by atoms with Gasteiger partial charge in [0.05, 0.1) is 12.7 Å². The minimum atomic E-state index is -0.215. The summed E-state index contributed by atoms with van der Waals surface area (Å²) in [4.78, 5) is 7.04. The first-order valence-corrected chi connectivity index (χ1v) is 9.65. The number of halogens is 1. The van der Waals surface area contributed by atoms with Crippen LogP contribution < -0.4 is 0 Å². The molecule has 1 aliphatic rings. The molecule has 27 heavy (non-hydrogen) atoms. The highest BCUT2D eigenvalue weighted by Gasteiger charge is 2.26. The molecule has 4 rings (SSSR count). The number of nitrogens with one attached hydrogen (secondary N) is 1. The second-order valence-electron chi connectivity index (χ2n) is 7.62. The van der Waals surface area contributed by atoms with Crippen LogP contribution in [-0.2, 0) is 6.54 Å². The van der Waals surface area contributed by atoms with Gasteiger partial charge in [-0.2, -0.15) is 5.10 Å². The number of aromatic nitrogens is 4. The highest BCUT2D eigenvalue weighted by molar-refractivity contribution is 5.65. The van der Waals surface area contributed by atoms with E-state index in [0.717, 1.165) is 55.1 Å². The molecule has 3 aromatic rings. The van der Waals surface area contributed by atoms with Gasteiger partial charge in [-0.1, -0.05) is 12.1 Å². The Morgan fingerprint density at radius 1 is 1.26 bits per heavy atom. The van der Waals surface area contributed by atoms with E-state index in [2.05, 4.69) is 44.7 Å². The topological polar surface area (TPSA) is 49.7 Å². The second kappa shape index (κ2) is 7.64. The van der Waals surface area contributed by atoms with Crippen molar-refractivity contribution in [1.29, 1.82) is 0 Å². The van der Waals surface area contributed by atoms with Crippen LogP contribution in [-0.4, -0.2) is 37.7 Å². The van der Waals surface area contributed by atoms with Gasteiger partial charge in [0, 0.05) is 42.2 Å². The molecule has 1 aliphatic heterocycles. The van der Waals surface area contributed by atoms with Crippen molar-refractivity contribution in [2.75, 3.05) is 13.1 Å². The second-order valence-corrected chi connectivity index (χ2v) is 7.62. The first kappa shape index (κ1) is 17.9.